The highest BCUT2D eigenvalue weighted by molar-refractivity contribution is 5.50. The van der Waals surface area contributed by atoms with Crippen LogP contribution in [0, 0.1) is 0 Å². The predicted octanol–water partition coefficient (Wildman–Crippen LogP) is 2.70. The molecule has 0 spiro atoms. The summed E-state index contributed by atoms with van der Waals surface area (Å²) in [5.74, 6) is 0.794. The predicted molar refractivity (Wildman–Crippen MR) is 52.8 cm³/mol. The summed E-state index contributed by atoms with van der Waals surface area (Å²) in [6, 6.07) is 8.51. The first-order chi connectivity index (χ1) is 6.42. The van der Waals surface area contributed by atoms with Gasteiger partial charge in [-0.2, -0.15) is 0 Å². The van der Waals surface area contributed by atoms with Crippen LogP contribution in [0.15, 0.2) is 24.3 Å². The maximum absolute atomic E-state index is 10.3. The van der Waals surface area contributed by atoms with Crippen LogP contribution >= 0.6 is 0 Å². The van der Waals surface area contributed by atoms with E-state index in [1.807, 2.05) is 0 Å². The summed E-state index contributed by atoms with van der Waals surface area (Å²) in [5, 5.41) is 0. The Bertz CT molecular complexity index is 300. The smallest absolute Gasteiger partial charge is 0.120 e. The SMILES string of the molecule is O=CCCc1ccccc1C1CC1. The zero-order valence-corrected chi connectivity index (χ0v) is 7.70. The Labute approximate surface area is 78.8 Å². The third-order valence-electron chi connectivity index (χ3n) is 2.60. The molecule has 0 aliphatic heterocycles. The minimum absolute atomic E-state index is 0.656. The topological polar surface area (TPSA) is 17.1 Å². The van der Waals surface area contributed by atoms with Crippen molar-refractivity contribution < 1.29 is 4.79 Å². The molecule has 0 atom stereocenters. The van der Waals surface area contributed by atoms with Gasteiger partial charge in [0.2, 0.25) is 0 Å². The van der Waals surface area contributed by atoms with Crippen molar-refractivity contribution >= 4 is 6.29 Å². The Morgan fingerprint density at radius 3 is 2.77 bits per heavy atom. The van der Waals surface area contributed by atoms with Crippen LogP contribution in [0.3, 0.4) is 0 Å². The second-order valence-electron chi connectivity index (χ2n) is 3.68. The van der Waals surface area contributed by atoms with Gasteiger partial charge in [-0.3, -0.25) is 0 Å². The lowest BCUT2D eigenvalue weighted by molar-refractivity contribution is -0.107. The Kier molecular flexibility index (Phi) is 2.44. The summed E-state index contributed by atoms with van der Waals surface area (Å²) in [4.78, 5) is 10.3. The molecule has 0 bridgehead atoms. The molecule has 13 heavy (non-hydrogen) atoms. The van der Waals surface area contributed by atoms with Gasteiger partial charge in [-0.1, -0.05) is 24.3 Å². The van der Waals surface area contributed by atoms with Crippen LogP contribution in [0.1, 0.15) is 36.3 Å². The highest BCUT2D eigenvalue weighted by Crippen LogP contribution is 2.41. The van der Waals surface area contributed by atoms with Gasteiger partial charge in [0, 0.05) is 6.42 Å². The fourth-order valence-corrected chi connectivity index (χ4v) is 1.77. The Balaban J connectivity index is 2.16. The van der Waals surface area contributed by atoms with Gasteiger partial charge >= 0.3 is 0 Å². The number of aryl methyl sites for hydroxylation is 1. The highest BCUT2D eigenvalue weighted by atomic mass is 16.1. The molecule has 1 aliphatic rings. The van der Waals surface area contributed by atoms with Crippen LogP contribution in [0.4, 0.5) is 0 Å². The second-order valence-corrected chi connectivity index (χ2v) is 3.68. The van der Waals surface area contributed by atoms with Crippen molar-refractivity contribution in [3.8, 4) is 0 Å². The summed E-state index contributed by atoms with van der Waals surface area (Å²) in [5.41, 5.74) is 2.85. The molecule has 0 unspecified atom stereocenters. The van der Waals surface area contributed by atoms with Gasteiger partial charge in [-0.05, 0) is 36.3 Å². The monoisotopic (exact) mass is 174 g/mol. The minimum atomic E-state index is 0.656. The first-order valence-electron chi connectivity index (χ1n) is 4.93. The fourth-order valence-electron chi connectivity index (χ4n) is 1.77. The van der Waals surface area contributed by atoms with Crippen LogP contribution in [0.5, 0.6) is 0 Å². The summed E-state index contributed by atoms with van der Waals surface area (Å²) in [6.07, 6.45) is 5.24. The Morgan fingerprint density at radius 2 is 2.08 bits per heavy atom. The number of carbonyl (C=O) groups is 1. The molecule has 0 heterocycles. The molecule has 2 rings (SSSR count). The number of benzene rings is 1. The van der Waals surface area contributed by atoms with Crippen molar-refractivity contribution in [2.45, 2.75) is 31.6 Å². The zero-order valence-electron chi connectivity index (χ0n) is 7.70. The van der Waals surface area contributed by atoms with Crippen LogP contribution in [0.25, 0.3) is 0 Å². The van der Waals surface area contributed by atoms with Gasteiger partial charge in [-0.15, -0.1) is 0 Å². The normalized spacial score (nSPS) is 15.7. The van der Waals surface area contributed by atoms with Crippen molar-refractivity contribution in [1.82, 2.24) is 0 Å². The van der Waals surface area contributed by atoms with Gasteiger partial charge < -0.3 is 4.79 Å². The Hall–Kier alpha value is -1.11. The van der Waals surface area contributed by atoms with E-state index < -0.39 is 0 Å². The molecule has 1 nitrogen and oxygen atoms in total. The molecule has 0 amide bonds. The lowest BCUT2D eigenvalue weighted by Gasteiger charge is -2.05. The van der Waals surface area contributed by atoms with Gasteiger partial charge in [0.15, 0.2) is 0 Å². The maximum Gasteiger partial charge on any atom is 0.120 e. The summed E-state index contributed by atoms with van der Waals surface area (Å²) >= 11 is 0. The lowest BCUT2D eigenvalue weighted by atomic mass is 10.00. The molecule has 1 aliphatic carbocycles. The van der Waals surface area contributed by atoms with Gasteiger partial charge in [0.1, 0.15) is 6.29 Å². The molecule has 0 N–H and O–H groups in total. The molecule has 0 radical (unpaired) electrons. The molecule has 1 aromatic rings. The number of rotatable bonds is 4. The van der Waals surface area contributed by atoms with E-state index in [-0.39, 0.29) is 0 Å². The minimum Gasteiger partial charge on any atom is -0.303 e. The zero-order chi connectivity index (χ0) is 9.10. The van der Waals surface area contributed by atoms with E-state index in [0.717, 1.165) is 18.6 Å². The number of carbonyl (C=O) groups excluding carboxylic acids is 1. The average Bonchev–Trinajstić information content (AvgIpc) is 2.98. The van der Waals surface area contributed by atoms with E-state index in [0.29, 0.717) is 6.42 Å². The van der Waals surface area contributed by atoms with Gasteiger partial charge in [0.05, 0.1) is 0 Å². The molecular formula is C12H14O. The molecule has 1 aromatic carbocycles. The van der Waals surface area contributed by atoms with Gasteiger partial charge in [-0.25, -0.2) is 0 Å². The third kappa shape index (κ3) is 1.97. The summed E-state index contributed by atoms with van der Waals surface area (Å²) in [7, 11) is 0. The van der Waals surface area contributed by atoms with Gasteiger partial charge in [0.25, 0.3) is 0 Å². The molecular weight excluding hydrogens is 160 g/mol. The molecule has 0 saturated heterocycles. The first-order valence-corrected chi connectivity index (χ1v) is 4.93. The van der Waals surface area contributed by atoms with E-state index in [4.69, 9.17) is 0 Å². The van der Waals surface area contributed by atoms with E-state index in [1.165, 1.54) is 24.0 Å². The van der Waals surface area contributed by atoms with Crippen LogP contribution in [-0.4, -0.2) is 6.29 Å². The molecule has 1 heteroatoms. The van der Waals surface area contributed by atoms with Crippen LogP contribution < -0.4 is 0 Å². The van der Waals surface area contributed by atoms with E-state index in [1.54, 1.807) is 0 Å². The molecule has 68 valence electrons. The van der Waals surface area contributed by atoms with Crippen LogP contribution in [-0.2, 0) is 11.2 Å². The fraction of sp³-hybridized carbons (Fsp3) is 0.417. The summed E-state index contributed by atoms with van der Waals surface area (Å²) in [6.45, 7) is 0. The molecule has 0 aromatic heterocycles. The van der Waals surface area contributed by atoms with E-state index in [2.05, 4.69) is 24.3 Å². The maximum atomic E-state index is 10.3. The largest absolute Gasteiger partial charge is 0.303 e. The van der Waals surface area contributed by atoms with E-state index >= 15 is 0 Å². The summed E-state index contributed by atoms with van der Waals surface area (Å²) < 4.78 is 0. The lowest BCUT2D eigenvalue weighted by Crippen LogP contribution is -1.92. The molecule has 1 saturated carbocycles. The van der Waals surface area contributed by atoms with Crippen LogP contribution in [0.2, 0.25) is 0 Å². The van der Waals surface area contributed by atoms with Crippen molar-refractivity contribution in [3.05, 3.63) is 35.4 Å². The standard InChI is InChI=1S/C12H14O/c13-9-3-5-10-4-1-2-6-12(10)11-7-8-11/h1-2,4,6,9,11H,3,5,7-8H2. The third-order valence-corrected chi connectivity index (χ3v) is 2.60. The number of aldehydes is 1. The number of hydrogen-bond donors (Lipinski definition) is 0. The van der Waals surface area contributed by atoms with Crippen molar-refractivity contribution in [2.75, 3.05) is 0 Å². The number of hydrogen-bond acceptors (Lipinski definition) is 1. The highest BCUT2D eigenvalue weighted by Gasteiger charge is 2.25. The van der Waals surface area contributed by atoms with Crippen molar-refractivity contribution in [1.29, 1.82) is 0 Å². The van der Waals surface area contributed by atoms with Crippen molar-refractivity contribution in [2.24, 2.45) is 0 Å². The van der Waals surface area contributed by atoms with E-state index in [9.17, 15) is 4.79 Å². The first kappa shape index (κ1) is 8.49. The quantitative estimate of drug-likeness (QED) is 0.641. The second kappa shape index (κ2) is 3.73. The average molecular weight is 174 g/mol. The molecule has 1 fully saturated rings. The Morgan fingerprint density at radius 1 is 1.31 bits per heavy atom. The van der Waals surface area contributed by atoms with Crippen molar-refractivity contribution in [3.63, 3.8) is 0 Å².